The normalized spacial score (nSPS) is 12.4. The highest BCUT2D eigenvalue weighted by atomic mass is 16.5. The molecule has 0 amide bonds. The fraction of sp³-hybridized carbons (Fsp3) is 0.533. The fourth-order valence-electron chi connectivity index (χ4n) is 2.02. The van der Waals surface area contributed by atoms with E-state index in [4.69, 9.17) is 14.9 Å². The minimum atomic E-state index is -0.689. The van der Waals surface area contributed by atoms with Crippen LogP contribution in [0.1, 0.15) is 17.3 Å². The van der Waals surface area contributed by atoms with Crippen molar-refractivity contribution < 1.29 is 29.8 Å². The summed E-state index contributed by atoms with van der Waals surface area (Å²) in [5.74, 6) is 0.582. The molecule has 0 aliphatic rings. The van der Waals surface area contributed by atoms with Gasteiger partial charge in [0.15, 0.2) is 5.78 Å². The van der Waals surface area contributed by atoms with Gasteiger partial charge in [-0.3, -0.25) is 4.79 Å². The van der Waals surface area contributed by atoms with Gasteiger partial charge in [-0.2, -0.15) is 0 Å². The monoisotopic (exact) mass is 298 g/mol. The van der Waals surface area contributed by atoms with Crippen molar-refractivity contribution in [2.45, 2.75) is 13.0 Å². The Balaban J connectivity index is 2.40. The zero-order valence-corrected chi connectivity index (χ0v) is 12.3. The lowest BCUT2D eigenvalue weighted by molar-refractivity contribution is -0.903. The second-order valence-electron chi connectivity index (χ2n) is 4.95. The number of quaternary nitrogens is 1. The second kappa shape index (κ2) is 9.46. The van der Waals surface area contributed by atoms with Crippen LogP contribution in [0.5, 0.6) is 5.75 Å². The van der Waals surface area contributed by atoms with Gasteiger partial charge < -0.3 is 25.0 Å². The molecule has 0 unspecified atom stereocenters. The van der Waals surface area contributed by atoms with Gasteiger partial charge in [0, 0.05) is 5.56 Å². The average Bonchev–Trinajstić information content (AvgIpc) is 2.46. The van der Waals surface area contributed by atoms with E-state index in [0.717, 1.165) is 4.90 Å². The Labute approximate surface area is 124 Å². The van der Waals surface area contributed by atoms with E-state index in [9.17, 15) is 9.90 Å². The first-order valence-electron chi connectivity index (χ1n) is 7.04. The Hall–Kier alpha value is -1.47. The Morgan fingerprint density at radius 1 is 1.19 bits per heavy atom. The smallest absolute Gasteiger partial charge is 0.159 e. The van der Waals surface area contributed by atoms with E-state index in [1.165, 1.54) is 6.92 Å². The van der Waals surface area contributed by atoms with E-state index in [-0.39, 0.29) is 25.6 Å². The number of benzene rings is 1. The van der Waals surface area contributed by atoms with Crippen LogP contribution >= 0.6 is 0 Å². The Morgan fingerprint density at radius 2 is 1.76 bits per heavy atom. The molecule has 0 aliphatic carbocycles. The molecule has 0 saturated heterocycles. The van der Waals surface area contributed by atoms with Gasteiger partial charge in [0.2, 0.25) is 0 Å². The zero-order chi connectivity index (χ0) is 15.7. The van der Waals surface area contributed by atoms with Crippen molar-refractivity contribution in [3.63, 3.8) is 0 Å². The van der Waals surface area contributed by atoms with Crippen molar-refractivity contribution in [2.75, 3.05) is 39.5 Å². The number of aliphatic hydroxyl groups excluding tert-OH is 3. The summed E-state index contributed by atoms with van der Waals surface area (Å²) in [7, 11) is 0. The molecule has 1 aromatic carbocycles. The number of hydrogen-bond acceptors (Lipinski definition) is 5. The van der Waals surface area contributed by atoms with E-state index in [2.05, 4.69) is 0 Å². The molecule has 0 bridgehead atoms. The highest BCUT2D eigenvalue weighted by molar-refractivity contribution is 5.94. The summed E-state index contributed by atoms with van der Waals surface area (Å²) in [6, 6.07) is 6.74. The van der Waals surface area contributed by atoms with Crippen LogP contribution in [0.15, 0.2) is 24.3 Å². The molecule has 0 radical (unpaired) electrons. The molecule has 4 N–H and O–H groups in total. The quantitative estimate of drug-likeness (QED) is 0.395. The Morgan fingerprint density at radius 3 is 2.24 bits per heavy atom. The van der Waals surface area contributed by atoms with Crippen molar-refractivity contribution in [3.8, 4) is 5.75 Å². The molecule has 1 atom stereocenters. The number of hydrogen-bond donors (Lipinski definition) is 4. The van der Waals surface area contributed by atoms with Crippen molar-refractivity contribution in [3.05, 3.63) is 29.8 Å². The lowest BCUT2D eigenvalue weighted by Crippen LogP contribution is -3.14. The van der Waals surface area contributed by atoms with Gasteiger partial charge in [-0.1, -0.05) is 0 Å². The maximum Gasteiger partial charge on any atom is 0.159 e. The van der Waals surface area contributed by atoms with Crippen LogP contribution in [-0.4, -0.2) is 66.7 Å². The topological polar surface area (TPSA) is 91.4 Å². The summed E-state index contributed by atoms with van der Waals surface area (Å²) in [5, 5.41) is 27.7. The lowest BCUT2D eigenvalue weighted by atomic mass is 10.1. The molecule has 0 aromatic heterocycles. The lowest BCUT2D eigenvalue weighted by Gasteiger charge is -2.20. The summed E-state index contributed by atoms with van der Waals surface area (Å²) >= 11 is 0. The van der Waals surface area contributed by atoms with Gasteiger partial charge >= 0.3 is 0 Å². The van der Waals surface area contributed by atoms with Crippen LogP contribution in [-0.2, 0) is 0 Å². The van der Waals surface area contributed by atoms with Crippen molar-refractivity contribution in [1.29, 1.82) is 0 Å². The molecule has 0 heterocycles. The van der Waals surface area contributed by atoms with Crippen molar-refractivity contribution in [1.82, 2.24) is 0 Å². The number of Topliss-reactive ketones (excluding diaryl/α,β-unsaturated/α-hetero) is 1. The van der Waals surface area contributed by atoms with E-state index < -0.39 is 6.10 Å². The third kappa shape index (κ3) is 6.68. The van der Waals surface area contributed by atoms with Crippen molar-refractivity contribution in [2.24, 2.45) is 0 Å². The van der Waals surface area contributed by atoms with E-state index in [1.54, 1.807) is 24.3 Å². The molecule has 6 heteroatoms. The highest BCUT2D eigenvalue weighted by Crippen LogP contribution is 2.12. The van der Waals surface area contributed by atoms with Gasteiger partial charge in [-0.15, -0.1) is 0 Å². The van der Waals surface area contributed by atoms with Gasteiger partial charge in [0.05, 0.1) is 13.2 Å². The van der Waals surface area contributed by atoms with Gasteiger partial charge in [-0.25, -0.2) is 0 Å². The first-order chi connectivity index (χ1) is 10.1. The number of carbonyl (C=O) groups excluding carboxylic acids is 1. The maximum absolute atomic E-state index is 11.1. The van der Waals surface area contributed by atoms with Crippen LogP contribution in [0.2, 0.25) is 0 Å². The summed E-state index contributed by atoms with van der Waals surface area (Å²) in [4.78, 5) is 12.1. The molecule has 118 valence electrons. The largest absolute Gasteiger partial charge is 0.491 e. The summed E-state index contributed by atoms with van der Waals surface area (Å²) < 4.78 is 5.46. The number of nitrogens with one attached hydrogen (secondary N) is 1. The van der Waals surface area contributed by atoms with Gasteiger partial charge in [0.1, 0.15) is 38.1 Å². The zero-order valence-electron chi connectivity index (χ0n) is 12.3. The van der Waals surface area contributed by atoms with Crippen LogP contribution in [0.4, 0.5) is 0 Å². The number of aliphatic hydroxyl groups is 3. The number of carbonyl (C=O) groups is 1. The number of ketones is 1. The SMILES string of the molecule is CC(=O)c1ccc(OC[C@H](O)C[NH+](CCO)CCO)cc1. The van der Waals surface area contributed by atoms with Crippen molar-refractivity contribution >= 4 is 5.78 Å². The summed E-state index contributed by atoms with van der Waals surface area (Å²) in [6.45, 7) is 2.99. The number of rotatable bonds is 10. The van der Waals surface area contributed by atoms with Crippen LogP contribution in [0.3, 0.4) is 0 Å². The molecule has 0 saturated carbocycles. The van der Waals surface area contributed by atoms with Gasteiger partial charge in [-0.05, 0) is 31.2 Å². The van der Waals surface area contributed by atoms with Crippen LogP contribution < -0.4 is 9.64 Å². The van der Waals surface area contributed by atoms with Crippen LogP contribution in [0, 0.1) is 0 Å². The Kier molecular flexibility index (Phi) is 7.92. The van der Waals surface area contributed by atoms with E-state index in [0.29, 0.717) is 30.9 Å². The third-order valence-electron chi connectivity index (χ3n) is 3.16. The first-order valence-corrected chi connectivity index (χ1v) is 7.04. The predicted octanol–water partition coefficient (Wildman–Crippen LogP) is -1.50. The first kappa shape index (κ1) is 17.6. The Bertz CT molecular complexity index is 415. The minimum absolute atomic E-state index is 0.00571. The van der Waals surface area contributed by atoms with Gasteiger partial charge in [0.25, 0.3) is 0 Å². The minimum Gasteiger partial charge on any atom is -0.491 e. The summed E-state index contributed by atoms with van der Waals surface area (Å²) in [5.41, 5.74) is 0.615. The molecular weight excluding hydrogens is 274 g/mol. The molecule has 0 aliphatic heterocycles. The molecule has 1 rings (SSSR count). The molecule has 0 fully saturated rings. The maximum atomic E-state index is 11.1. The standard InChI is InChI=1S/C15H23NO5/c1-12(19)13-2-4-15(5-3-13)21-11-14(20)10-16(6-8-17)7-9-18/h2-5,14,17-18,20H,6-11H2,1H3/p+1/t14-/m1/s1. The highest BCUT2D eigenvalue weighted by Gasteiger charge is 2.15. The molecule has 6 nitrogen and oxygen atoms in total. The summed E-state index contributed by atoms with van der Waals surface area (Å²) in [6.07, 6.45) is -0.689. The molecule has 0 spiro atoms. The fourth-order valence-corrected chi connectivity index (χ4v) is 2.02. The number of ether oxygens (including phenoxy) is 1. The average molecular weight is 298 g/mol. The van der Waals surface area contributed by atoms with E-state index in [1.807, 2.05) is 0 Å². The molecular formula is C15H24NO5+. The molecule has 21 heavy (non-hydrogen) atoms. The molecule has 1 aromatic rings. The predicted molar refractivity (Wildman–Crippen MR) is 77.7 cm³/mol. The second-order valence-corrected chi connectivity index (χ2v) is 4.95. The van der Waals surface area contributed by atoms with E-state index >= 15 is 0 Å². The third-order valence-corrected chi connectivity index (χ3v) is 3.16. The van der Waals surface area contributed by atoms with Crippen LogP contribution in [0.25, 0.3) is 0 Å².